The van der Waals surface area contributed by atoms with E-state index in [0.29, 0.717) is 32.2 Å². The highest BCUT2D eigenvalue weighted by Gasteiger charge is 2.64. The van der Waals surface area contributed by atoms with E-state index >= 15 is 0 Å². The van der Waals surface area contributed by atoms with Gasteiger partial charge in [0.2, 0.25) is 5.91 Å². The number of likely N-dealkylation sites (tertiary alicyclic amines) is 1. The van der Waals surface area contributed by atoms with Crippen LogP contribution in [-0.2, 0) is 23.7 Å². The second kappa shape index (κ2) is 13.1. The summed E-state index contributed by atoms with van der Waals surface area (Å²) in [4.78, 5) is 28.4. The third-order valence-corrected chi connectivity index (χ3v) is 8.53. The van der Waals surface area contributed by atoms with Crippen molar-refractivity contribution in [3.8, 4) is 0 Å². The summed E-state index contributed by atoms with van der Waals surface area (Å²) in [5.74, 6) is -0.379. The summed E-state index contributed by atoms with van der Waals surface area (Å²) in [5, 5.41) is 5.84. The molecule has 0 aromatic heterocycles. The van der Waals surface area contributed by atoms with Crippen molar-refractivity contribution in [3.63, 3.8) is 0 Å². The molecule has 3 aliphatic rings. The zero-order valence-electron chi connectivity index (χ0n) is 24.8. The van der Waals surface area contributed by atoms with Gasteiger partial charge in [0.25, 0.3) is 0 Å². The molecule has 0 radical (unpaired) electrons. The van der Waals surface area contributed by atoms with E-state index < -0.39 is 29.9 Å². The standard InChI is InChI=1S/C29H51N3O6/c1-19(2)13-17-36-28(5,6)25-24(35-8)22(11-14-29(25)18-37-29)38-27(34)31-23(20(3)4)26(33)30-15-12-21-10-9-16-32(21)7/h13,20-25H,9-12,14-18H2,1-8H3,(H,30,33)(H,31,34)/t21?,22-,23-,24-,25?,29+/m1/s1. The van der Waals surface area contributed by atoms with Crippen molar-refractivity contribution < 1.29 is 28.5 Å². The van der Waals surface area contributed by atoms with Gasteiger partial charge in [-0.2, -0.15) is 0 Å². The van der Waals surface area contributed by atoms with E-state index in [2.05, 4.69) is 42.5 Å². The van der Waals surface area contributed by atoms with Gasteiger partial charge in [-0.05, 0) is 79.3 Å². The lowest BCUT2D eigenvalue weighted by molar-refractivity contribution is -0.172. The van der Waals surface area contributed by atoms with Gasteiger partial charge in [0.1, 0.15) is 18.2 Å². The molecule has 2 aliphatic heterocycles. The van der Waals surface area contributed by atoms with Crippen LogP contribution in [-0.4, -0.2) is 92.9 Å². The molecule has 2 amide bonds. The van der Waals surface area contributed by atoms with E-state index in [1.54, 1.807) is 7.11 Å². The van der Waals surface area contributed by atoms with Gasteiger partial charge in [0.15, 0.2) is 0 Å². The molecule has 38 heavy (non-hydrogen) atoms. The average molecular weight is 538 g/mol. The fourth-order valence-electron chi connectivity index (χ4n) is 6.24. The zero-order valence-corrected chi connectivity index (χ0v) is 24.8. The van der Waals surface area contributed by atoms with Crippen LogP contribution < -0.4 is 10.6 Å². The molecule has 2 saturated heterocycles. The molecular weight excluding hydrogens is 486 g/mol. The Bertz CT molecular complexity index is 836. The molecule has 1 aliphatic carbocycles. The molecule has 6 atom stereocenters. The van der Waals surface area contributed by atoms with E-state index in [4.69, 9.17) is 18.9 Å². The number of nitrogens with one attached hydrogen (secondary N) is 2. The Morgan fingerprint density at radius 2 is 1.95 bits per heavy atom. The first kappa shape index (κ1) is 30.9. The topological polar surface area (TPSA) is 102 Å². The minimum Gasteiger partial charge on any atom is -0.443 e. The Morgan fingerprint density at radius 3 is 2.50 bits per heavy atom. The summed E-state index contributed by atoms with van der Waals surface area (Å²) in [7, 11) is 3.77. The minimum atomic E-state index is -0.675. The second-order valence-corrected chi connectivity index (χ2v) is 12.4. The number of carbonyl (C=O) groups is 2. The fourth-order valence-corrected chi connectivity index (χ4v) is 6.24. The maximum atomic E-state index is 13.1. The van der Waals surface area contributed by atoms with E-state index in [1.165, 1.54) is 12.0 Å². The van der Waals surface area contributed by atoms with Crippen molar-refractivity contribution in [2.45, 2.75) is 109 Å². The highest BCUT2D eigenvalue weighted by Crippen LogP contribution is 2.52. The van der Waals surface area contributed by atoms with Crippen molar-refractivity contribution in [2.75, 3.05) is 40.5 Å². The van der Waals surface area contributed by atoms with Gasteiger partial charge in [-0.15, -0.1) is 0 Å². The van der Waals surface area contributed by atoms with Crippen molar-refractivity contribution in [1.29, 1.82) is 0 Å². The van der Waals surface area contributed by atoms with Crippen molar-refractivity contribution in [3.05, 3.63) is 11.6 Å². The Labute approximate surface area is 229 Å². The first-order valence-corrected chi connectivity index (χ1v) is 14.3. The minimum absolute atomic E-state index is 0.0837. The van der Waals surface area contributed by atoms with Gasteiger partial charge in [0, 0.05) is 25.6 Å². The van der Waals surface area contributed by atoms with Gasteiger partial charge in [0.05, 0.1) is 24.4 Å². The number of allylic oxidation sites excluding steroid dienone is 1. The smallest absolute Gasteiger partial charge is 0.408 e. The number of carbonyl (C=O) groups excluding carboxylic acids is 2. The average Bonchev–Trinajstić information content (AvgIpc) is 3.48. The van der Waals surface area contributed by atoms with Gasteiger partial charge >= 0.3 is 6.09 Å². The van der Waals surface area contributed by atoms with Crippen molar-refractivity contribution >= 4 is 12.0 Å². The monoisotopic (exact) mass is 537 g/mol. The van der Waals surface area contributed by atoms with Crippen LogP contribution in [0.5, 0.6) is 0 Å². The molecule has 1 saturated carbocycles. The fraction of sp³-hybridized carbons (Fsp3) is 0.862. The number of hydrogen-bond acceptors (Lipinski definition) is 7. The summed E-state index contributed by atoms with van der Waals surface area (Å²) >= 11 is 0. The third-order valence-electron chi connectivity index (χ3n) is 8.53. The molecule has 3 fully saturated rings. The number of epoxide rings is 1. The molecule has 3 rings (SSSR count). The molecule has 9 heteroatoms. The lowest BCUT2D eigenvalue weighted by Crippen LogP contribution is -2.59. The number of alkyl carbamates (subject to hydrolysis) is 1. The SMILES string of the molecule is CO[C@H]1C(C(C)(C)OCC=C(C)C)[C@]2(CC[C@H]1OC(=O)N[C@@H](C(=O)NCCC1CCCN1C)C(C)C)CO2. The summed E-state index contributed by atoms with van der Waals surface area (Å²) < 4.78 is 24.2. The first-order valence-electron chi connectivity index (χ1n) is 14.3. The molecule has 1 spiro atoms. The van der Waals surface area contributed by atoms with Crippen LogP contribution in [0.3, 0.4) is 0 Å². The van der Waals surface area contributed by atoms with Crippen molar-refractivity contribution in [1.82, 2.24) is 15.5 Å². The molecule has 2 N–H and O–H groups in total. The molecule has 0 bridgehead atoms. The van der Waals surface area contributed by atoms with Gasteiger partial charge in [-0.1, -0.05) is 25.5 Å². The van der Waals surface area contributed by atoms with Gasteiger partial charge in [-0.25, -0.2) is 4.79 Å². The van der Waals surface area contributed by atoms with E-state index in [1.807, 2.05) is 27.7 Å². The molecule has 2 unspecified atom stereocenters. The molecule has 0 aromatic rings. The lowest BCUT2D eigenvalue weighted by Gasteiger charge is -2.47. The van der Waals surface area contributed by atoms with Crippen LogP contribution in [0, 0.1) is 11.8 Å². The van der Waals surface area contributed by atoms with Crippen LogP contribution in [0.1, 0.15) is 73.6 Å². The van der Waals surface area contributed by atoms with Crippen LogP contribution in [0.4, 0.5) is 4.79 Å². The Balaban J connectivity index is 1.60. The van der Waals surface area contributed by atoms with E-state index in [-0.39, 0.29) is 23.3 Å². The number of methoxy groups -OCH3 is 1. The van der Waals surface area contributed by atoms with Crippen LogP contribution in [0.15, 0.2) is 11.6 Å². The van der Waals surface area contributed by atoms with E-state index in [9.17, 15) is 9.59 Å². The highest BCUT2D eigenvalue weighted by atomic mass is 16.6. The number of amides is 2. The summed E-state index contributed by atoms with van der Waals surface area (Å²) in [6.45, 7) is 14.9. The van der Waals surface area contributed by atoms with Crippen LogP contribution >= 0.6 is 0 Å². The van der Waals surface area contributed by atoms with E-state index in [0.717, 1.165) is 25.8 Å². The highest BCUT2D eigenvalue weighted by molar-refractivity contribution is 5.85. The summed E-state index contributed by atoms with van der Waals surface area (Å²) in [6, 6.07) is -0.170. The predicted octanol–water partition coefficient (Wildman–Crippen LogP) is 3.66. The van der Waals surface area contributed by atoms with Gasteiger partial charge < -0.3 is 34.5 Å². The molecule has 9 nitrogen and oxygen atoms in total. The Hall–Kier alpha value is -1.68. The predicted molar refractivity (Wildman–Crippen MR) is 147 cm³/mol. The summed E-state index contributed by atoms with van der Waals surface area (Å²) in [6.07, 6.45) is 5.24. The largest absolute Gasteiger partial charge is 0.443 e. The Kier molecular flexibility index (Phi) is 10.6. The first-order chi connectivity index (χ1) is 17.9. The normalized spacial score (nSPS) is 30.2. The Morgan fingerprint density at radius 1 is 1.24 bits per heavy atom. The van der Waals surface area contributed by atoms with Crippen LogP contribution in [0.2, 0.25) is 0 Å². The second-order valence-electron chi connectivity index (χ2n) is 12.4. The van der Waals surface area contributed by atoms with Gasteiger partial charge in [-0.3, -0.25) is 4.79 Å². The molecular formula is C29H51N3O6. The molecule has 0 aromatic carbocycles. The zero-order chi connectivity index (χ0) is 28.1. The van der Waals surface area contributed by atoms with Crippen LogP contribution in [0.25, 0.3) is 0 Å². The lowest BCUT2D eigenvalue weighted by atomic mass is 9.68. The summed E-state index contributed by atoms with van der Waals surface area (Å²) in [5.41, 5.74) is 0.312. The molecule has 2 heterocycles. The third kappa shape index (κ3) is 7.71. The number of nitrogens with zero attached hydrogens (tertiary/aromatic N) is 1. The quantitative estimate of drug-likeness (QED) is 0.289. The van der Waals surface area contributed by atoms with Crippen molar-refractivity contribution in [2.24, 2.45) is 11.8 Å². The number of hydrogen-bond donors (Lipinski definition) is 2. The maximum Gasteiger partial charge on any atom is 0.408 e. The number of ether oxygens (including phenoxy) is 4. The number of rotatable bonds is 12. The maximum absolute atomic E-state index is 13.1. The molecule has 218 valence electrons.